The average Bonchev–Trinajstić information content (AvgIpc) is 2.72. The Balaban J connectivity index is 2.90. The lowest BCUT2D eigenvalue weighted by molar-refractivity contribution is 0.109. The van der Waals surface area contributed by atoms with Gasteiger partial charge in [0.05, 0.1) is 6.20 Å². The van der Waals surface area contributed by atoms with Crippen molar-refractivity contribution in [3.05, 3.63) is 17.8 Å². The van der Waals surface area contributed by atoms with Crippen LogP contribution in [0.4, 0.5) is 4.79 Å². The molecule has 1 rings (SSSR count). The second-order valence-corrected chi connectivity index (χ2v) is 3.53. The van der Waals surface area contributed by atoms with Gasteiger partial charge < -0.3 is 14.8 Å². The van der Waals surface area contributed by atoms with Crippen LogP contribution in [0.1, 0.15) is 42.8 Å². The molecule has 1 aromatic heterocycles. The molecule has 2 atom stereocenters. The first-order chi connectivity index (χ1) is 7.58. The summed E-state index contributed by atoms with van der Waals surface area (Å²) in [6.07, 6.45) is 1.44. The summed E-state index contributed by atoms with van der Waals surface area (Å²) in [5.74, 6) is 0.351. The number of carbonyl (C=O) groups is 2. The van der Waals surface area contributed by atoms with Gasteiger partial charge in [-0.1, -0.05) is 20.3 Å². The summed E-state index contributed by atoms with van der Waals surface area (Å²) < 4.78 is 5.11. The van der Waals surface area contributed by atoms with Crippen molar-refractivity contribution in [3.8, 4) is 0 Å². The predicted molar refractivity (Wildman–Crippen MR) is 55.2 cm³/mol. The Morgan fingerprint density at radius 2 is 2.44 bits per heavy atom. The van der Waals surface area contributed by atoms with Gasteiger partial charge >= 0.3 is 6.09 Å². The average molecular weight is 226 g/mol. The molecule has 0 aliphatic heterocycles. The maximum atomic E-state index is 10.6. The molecule has 0 saturated heterocycles. The van der Waals surface area contributed by atoms with E-state index in [1.54, 1.807) is 0 Å². The summed E-state index contributed by atoms with van der Waals surface area (Å²) in [5.41, 5.74) is 0. The van der Waals surface area contributed by atoms with Crippen LogP contribution < -0.4 is 5.32 Å². The van der Waals surface area contributed by atoms with Gasteiger partial charge in [-0.05, 0) is 5.92 Å². The van der Waals surface area contributed by atoms with Gasteiger partial charge in [-0.25, -0.2) is 9.78 Å². The van der Waals surface area contributed by atoms with E-state index in [1.165, 1.54) is 6.20 Å². The summed E-state index contributed by atoms with van der Waals surface area (Å²) in [6.45, 7) is 3.82. The number of hydrogen-bond acceptors (Lipinski definition) is 4. The van der Waals surface area contributed by atoms with Crippen molar-refractivity contribution < 1.29 is 19.1 Å². The minimum absolute atomic E-state index is 0.0363. The van der Waals surface area contributed by atoms with Gasteiger partial charge in [0, 0.05) is 0 Å². The smallest absolute Gasteiger partial charge is 0.405 e. The summed E-state index contributed by atoms with van der Waals surface area (Å²) in [5, 5.41) is 11.0. The van der Waals surface area contributed by atoms with E-state index in [2.05, 4.69) is 10.3 Å². The normalized spacial score (nSPS) is 14.1. The minimum atomic E-state index is -1.14. The van der Waals surface area contributed by atoms with Crippen LogP contribution in [0.15, 0.2) is 10.6 Å². The van der Waals surface area contributed by atoms with Gasteiger partial charge in [-0.15, -0.1) is 0 Å². The molecule has 6 heteroatoms. The predicted octanol–water partition coefficient (Wildman–Crippen LogP) is 1.84. The standard InChI is InChI=1S/C10H14N2O4/c1-3-6(2)8(12-10(14)15)9-11-4-7(5-13)16-9/h4-6,8,12H,3H2,1-2H3,(H,14,15)/t6-,8-/m0/s1. The molecule has 0 radical (unpaired) electrons. The molecule has 0 aliphatic carbocycles. The van der Waals surface area contributed by atoms with Crippen molar-refractivity contribution in [3.63, 3.8) is 0 Å². The first-order valence-corrected chi connectivity index (χ1v) is 4.98. The Kier molecular flexibility index (Phi) is 4.04. The third-order valence-corrected chi connectivity index (χ3v) is 2.42. The van der Waals surface area contributed by atoms with Gasteiger partial charge in [0.25, 0.3) is 0 Å². The lowest BCUT2D eigenvalue weighted by Gasteiger charge is -2.19. The molecule has 16 heavy (non-hydrogen) atoms. The molecule has 88 valence electrons. The van der Waals surface area contributed by atoms with E-state index in [1.807, 2.05) is 13.8 Å². The second-order valence-electron chi connectivity index (χ2n) is 3.53. The molecule has 0 bridgehead atoms. The van der Waals surface area contributed by atoms with E-state index >= 15 is 0 Å². The quantitative estimate of drug-likeness (QED) is 0.747. The Bertz CT molecular complexity index is 375. The van der Waals surface area contributed by atoms with Crippen LogP contribution >= 0.6 is 0 Å². The molecule has 1 heterocycles. The fourth-order valence-corrected chi connectivity index (χ4v) is 1.32. The largest absolute Gasteiger partial charge is 0.465 e. The van der Waals surface area contributed by atoms with Crippen LogP contribution in [0, 0.1) is 5.92 Å². The number of aldehydes is 1. The number of nitrogens with zero attached hydrogens (tertiary/aromatic N) is 1. The maximum Gasteiger partial charge on any atom is 0.405 e. The van der Waals surface area contributed by atoms with Crippen molar-refractivity contribution in [2.75, 3.05) is 0 Å². The van der Waals surface area contributed by atoms with E-state index in [0.29, 0.717) is 6.29 Å². The molecule has 0 unspecified atom stereocenters. The van der Waals surface area contributed by atoms with Gasteiger partial charge in [-0.3, -0.25) is 4.79 Å². The maximum absolute atomic E-state index is 10.6. The molecule has 2 N–H and O–H groups in total. The van der Waals surface area contributed by atoms with Crippen LogP contribution in [-0.2, 0) is 0 Å². The second kappa shape index (κ2) is 5.29. The number of oxazole rings is 1. The van der Waals surface area contributed by atoms with Crippen molar-refractivity contribution in [2.24, 2.45) is 5.92 Å². The molecule has 0 aliphatic rings. The third kappa shape index (κ3) is 2.82. The summed E-state index contributed by atoms with van der Waals surface area (Å²) in [6, 6.07) is -0.531. The van der Waals surface area contributed by atoms with Gasteiger partial charge in [-0.2, -0.15) is 0 Å². The number of hydrogen-bond donors (Lipinski definition) is 2. The summed E-state index contributed by atoms with van der Waals surface area (Å²) in [7, 11) is 0. The van der Waals surface area contributed by atoms with Crippen LogP contribution in [0.3, 0.4) is 0 Å². The molecule has 6 nitrogen and oxygen atoms in total. The SMILES string of the molecule is CC[C@H](C)[C@H](NC(=O)O)c1ncc(C=O)o1. The number of carboxylic acid groups (broad SMARTS) is 1. The highest BCUT2D eigenvalue weighted by Crippen LogP contribution is 2.23. The minimum Gasteiger partial charge on any atom is -0.465 e. The Hall–Kier alpha value is -1.85. The van der Waals surface area contributed by atoms with Crippen LogP contribution in [-0.4, -0.2) is 22.5 Å². The highest BCUT2D eigenvalue weighted by Gasteiger charge is 2.24. The fraction of sp³-hybridized carbons (Fsp3) is 0.500. The Labute approximate surface area is 92.7 Å². The molecule has 0 spiro atoms. The number of aromatic nitrogens is 1. The lowest BCUT2D eigenvalue weighted by atomic mass is 9.99. The van der Waals surface area contributed by atoms with Crippen molar-refractivity contribution in [1.29, 1.82) is 0 Å². The van der Waals surface area contributed by atoms with Crippen molar-refractivity contribution >= 4 is 12.4 Å². The molecule has 0 fully saturated rings. The van der Waals surface area contributed by atoms with Gasteiger partial charge in [0.2, 0.25) is 5.89 Å². The fourth-order valence-electron chi connectivity index (χ4n) is 1.32. The Morgan fingerprint density at radius 1 is 1.75 bits per heavy atom. The van der Waals surface area contributed by atoms with Crippen LogP contribution in [0.5, 0.6) is 0 Å². The van der Waals surface area contributed by atoms with Gasteiger partial charge in [0.1, 0.15) is 6.04 Å². The monoisotopic (exact) mass is 226 g/mol. The number of carbonyl (C=O) groups excluding carboxylic acids is 1. The number of amides is 1. The molecule has 1 aromatic rings. The lowest BCUT2D eigenvalue weighted by Crippen LogP contribution is -2.31. The zero-order valence-electron chi connectivity index (χ0n) is 9.14. The first kappa shape index (κ1) is 12.2. The Morgan fingerprint density at radius 3 is 2.88 bits per heavy atom. The summed E-state index contributed by atoms with van der Waals surface area (Å²) >= 11 is 0. The topological polar surface area (TPSA) is 92.4 Å². The number of rotatable bonds is 5. The van der Waals surface area contributed by atoms with E-state index in [0.717, 1.165) is 6.42 Å². The zero-order valence-corrected chi connectivity index (χ0v) is 9.14. The van der Waals surface area contributed by atoms with Gasteiger partial charge in [0.15, 0.2) is 12.0 Å². The van der Waals surface area contributed by atoms with E-state index in [4.69, 9.17) is 9.52 Å². The molecular weight excluding hydrogens is 212 g/mol. The van der Waals surface area contributed by atoms with E-state index < -0.39 is 12.1 Å². The first-order valence-electron chi connectivity index (χ1n) is 4.98. The number of nitrogens with one attached hydrogen (secondary N) is 1. The molecule has 0 aromatic carbocycles. The van der Waals surface area contributed by atoms with Crippen molar-refractivity contribution in [1.82, 2.24) is 10.3 Å². The zero-order chi connectivity index (χ0) is 12.1. The molecular formula is C10H14N2O4. The molecule has 1 amide bonds. The van der Waals surface area contributed by atoms with Crippen LogP contribution in [0.25, 0.3) is 0 Å². The summed E-state index contributed by atoms with van der Waals surface area (Å²) in [4.78, 5) is 24.9. The highest BCUT2D eigenvalue weighted by atomic mass is 16.4. The van der Waals surface area contributed by atoms with E-state index in [-0.39, 0.29) is 17.6 Å². The van der Waals surface area contributed by atoms with Crippen molar-refractivity contribution in [2.45, 2.75) is 26.3 Å². The third-order valence-electron chi connectivity index (χ3n) is 2.42. The van der Waals surface area contributed by atoms with E-state index in [9.17, 15) is 9.59 Å². The highest BCUT2D eigenvalue weighted by molar-refractivity contribution is 5.69. The van der Waals surface area contributed by atoms with Crippen LogP contribution in [0.2, 0.25) is 0 Å². The molecule has 0 saturated carbocycles.